The Balaban J connectivity index is 1.49. The Bertz CT molecular complexity index is 773. The van der Waals surface area contributed by atoms with E-state index in [1.807, 2.05) is 0 Å². The zero-order valence-corrected chi connectivity index (χ0v) is 12.7. The molecule has 124 valence electrons. The molecule has 2 aromatic rings. The lowest BCUT2D eigenvalue weighted by atomic mass is 10.0. The zero-order valence-electron chi connectivity index (χ0n) is 12.7. The van der Waals surface area contributed by atoms with Gasteiger partial charge in [0.2, 0.25) is 0 Å². The summed E-state index contributed by atoms with van der Waals surface area (Å²) >= 11 is 0. The maximum atomic E-state index is 13.3. The number of amides is 1. The van der Waals surface area contributed by atoms with Gasteiger partial charge in [0.25, 0.3) is 5.91 Å². The van der Waals surface area contributed by atoms with Crippen molar-refractivity contribution in [1.29, 1.82) is 0 Å². The average Bonchev–Trinajstić information content (AvgIpc) is 3.00. The minimum absolute atomic E-state index is 0.155. The van der Waals surface area contributed by atoms with E-state index >= 15 is 0 Å². The van der Waals surface area contributed by atoms with Crippen molar-refractivity contribution in [3.63, 3.8) is 0 Å². The first kappa shape index (κ1) is 15.2. The molecule has 1 unspecified atom stereocenters. The zero-order chi connectivity index (χ0) is 16.8. The molecule has 4 rings (SSSR count). The number of carbonyl (C=O) groups is 1. The standard InChI is InChI=1S/C18H15F3N2O/c19-14-5-11(6-15(20)16(14)21)9-1-3-10(4-2-9)18(24)23-17-12-7-22-8-13(12)17/h1-6,12-13,17,22H,7-8H2,(H,23,24)/t12-,13+,17?. The summed E-state index contributed by atoms with van der Waals surface area (Å²) in [6.45, 7) is 1.88. The van der Waals surface area contributed by atoms with E-state index in [4.69, 9.17) is 0 Å². The van der Waals surface area contributed by atoms with Gasteiger partial charge in [0.15, 0.2) is 17.5 Å². The Morgan fingerprint density at radius 1 is 0.958 bits per heavy atom. The van der Waals surface area contributed by atoms with Crippen molar-refractivity contribution in [2.45, 2.75) is 6.04 Å². The second kappa shape index (κ2) is 5.63. The highest BCUT2D eigenvalue weighted by atomic mass is 19.2. The molecular weight excluding hydrogens is 317 g/mol. The monoisotopic (exact) mass is 332 g/mol. The molecule has 3 atom stereocenters. The quantitative estimate of drug-likeness (QED) is 0.849. The number of nitrogens with one attached hydrogen (secondary N) is 2. The molecule has 1 saturated heterocycles. The van der Waals surface area contributed by atoms with Crippen LogP contribution in [0.25, 0.3) is 11.1 Å². The fourth-order valence-corrected chi connectivity index (χ4v) is 3.40. The molecule has 1 amide bonds. The van der Waals surface area contributed by atoms with Crippen LogP contribution in [0, 0.1) is 29.3 Å². The number of piperidine rings is 1. The molecule has 6 heteroatoms. The van der Waals surface area contributed by atoms with E-state index in [0.29, 0.717) is 23.0 Å². The summed E-state index contributed by atoms with van der Waals surface area (Å²) in [6.07, 6.45) is 0. The normalized spacial score (nSPS) is 24.5. The molecule has 1 aliphatic heterocycles. The van der Waals surface area contributed by atoms with Crippen LogP contribution in [0.15, 0.2) is 36.4 Å². The minimum atomic E-state index is -1.49. The van der Waals surface area contributed by atoms with Crippen LogP contribution in [-0.4, -0.2) is 25.0 Å². The molecule has 2 aromatic carbocycles. The lowest BCUT2D eigenvalue weighted by molar-refractivity contribution is 0.0946. The molecule has 1 heterocycles. The van der Waals surface area contributed by atoms with Crippen LogP contribution in [0.4, 0.5) is 13.2 Å². The van der Waals surface area contributed by atoms with Crippen LogP contribution in [0.5, 0.6) is 0 Å². The van der Waals surface area contributed by atoms with Crippen LogP contribution < -0.4 is 10.6 Å². The van der Waals surface area contributed by atoms with Crippen molar-refractivity contribution < 1.29 is 18.0 Å². The second-order valence-electron chi connectivity index (χ2n) is 6.32. The first-order valence-corrected chi connectivity index (χ1v) is 7.81. The molecule has 24 heavy (non-hydrogen) atoms. The van der Waals surface area contributed by atoms with Gasteiger partial charge in [-0.25, -0.2) is 13.2 Å². The summed E-state index contributed by atoms with van der Waals surface area (Å²) in [5, 5.41) is 6.27. The molecule has 1 saturated carbocycles. The fourth-order valence-electron chi connectivity index (χ4n) is 3.40. The van der Waals surface area contributed by atoms with E-state index in [-0.39, 0.29) is 17.5 Å². The van der Waals surface area contributed by atoms with Gasteiger partial charge in [0.1, 0.15) is 0 Å². The maximum absolute atomic E-state index is 13.3. The first-order chi connectivity index (χ1) is 11.5. The molecule has 0 bridgehead atoms. The predicted molar refractivity (Wildman–Crippen MR) is 82.9 cm³/mol. The molecule has 2 N–H and O–H groups in total. The van der Waals surface area contributed by atoms with E-state index < -0.39 is 17.5 Å². The Kier molecular flexibility index (Phi) is 3.57. The Labute approximate surface area is 136 Å². The third kappa shape index (κ3) is 2.57. The van der Waals surface area contributed by atoms with Gasteiger partial charge in [0, 0.05) is 24.7 Å². The van der Waals surface area contributed by atoms with Crippen LogP contribution in [0.1, 0.15) is 10.4 Å². The third-order valence-electron chi connectivity index (χ3n) is 4.85. The SMILES string of the molecule is O=C(NC1[C@H]2CNC[C@@H]12)c1ccc(-c2cc(F)c(F)c(F)c2)cc1. The smallest absolute Gasteiger partial charge is 0.251 e. The number of halogens is 3. The third-order valence-corrected chi connectivity index (χ3v) is 4.85. The largest absolute Gasteiger partial charge is 0.349 e. The van der Waals surface area contributed by atoms with Gasteiger partial charge in [-0.15, -0.1) is 0 Å². The van der Waals surface area contributed by atoms with E-state index in [2.05, 4.69) is 10.6 Å². The number of benzene rings is 2. The van der Waals surface area contributed by atoms with E-state index in [1.54, 1.807) is 24.3 Å². The van der Waals surface area contributed by atoms with Crippen molar-refractivity contribution in [1.82, 2.24) is 10.6 Å². The second-order valence-corrected chi connectivity index (χ2v) is 6.32. The summed E-state index contributed by atoms with van der Waals surface area (Å²) in [4.78, 5) is 12.2. The summed E-state index contributed by atoms with van der Waals surface area (Å²) in [5.74, 6) is -3.06. The van der Waals surface area contributed by atoms with Gasteiger partial charge in [-0.3, -0.25) is 4.79 Å². The molecule has 2 aliphatic rings. The van der Waals surface area contributed by atoms with Gasteiger partial charge in [-0.05, 0) is 47.2 Å². The molecule has 0 spiro atoms. The van der Waals surface area contributed by atoms with Crippen molar-refractivity contribution in [3.8, 4) is 11.1 Å². The van der Waals surface area contributed by atoms with E-state index in [1.165, 1.54) is 0 Å². The lowest BCUT2D eigenvalue weighted by Crippen LogP contribution is -2.32. The number of fused-ring (bicyclic) bond motifs is 1. The topological polar surface area (TPSA) is 41.1 Å². The highest BCUT2D eigenvalue weighted by Crippen LogP contribution is 2.41. The minimum Gasteiger partial charge on any atom is -0.349 e. The Morgan fingerprint density at radius 3 is 2.12 bits per heavy atom. The lowest BCUT2D eigenvalue weighted by Gasteiger charge is -2.09. The van der Waals surface area contributed by atoms with E-state index in [0.717, 1.165) is 25.2 Å². The van der Waals surface area contributed by atoms with Gasteiger partial charge in [-0.1, -0.05) is 12.1 Å². The first-order valence-electron chi connectivity index (χ1n) is 7.81. The number of hydrogen-bond acceptors (Lipinski definition) is 2. The van der Waals surface area contributed by atoms with Gasteiger partial charge in [0.05, 0.1) is 0 Å². The highest BCUT2D eigenvalue weighted by Gasteiger charge is 2.53. The van der Waals surface area contributed by atoms with Crippen molar-refractivity contribution in [2.75, 3.05) is 13.1 Å². The predicted octanol–water partition coefficient (Wildman–Crippen LogP) is 2.72. The molecule has 2 fully saturated rings. The van der Waals surface area contributed by atoms with Gasteiger partial charge < -0.3 is 10.6 Å². The summed E-state index contributed by atoms with van der Waals surface area (Å²) in [7, 11) is 0. The van der Waals surface area contributed by atoms with Gasteiger partial charge >= 0.3 is 0 Å². The molecule has 0 radical (unpaired) electrons. The summed E-state index contributed by atoms with van der Waals surface area (Å²) in [5.41, 5.74) is 1.22. The van der Waals surface area contributed by atoms with Gasteiger partial charge in [-0.2, -0.15) is 0 Å². The number of rotatable bonds is 3. The highest BCUT2D eigenvalue weighted by molar-refractivity contribution is 5.95. The van der Waals surface area contributed by atoms with Crippen LogP contribution in [-0.2, 0) is 0 Å². The average molecular weight is 332 g/mol. The van der Waals surface area contributed by atoms with Crippen LogP contribution >= 0.6 is 0 Å². The van der Waals surface area contributed by atoms with Crippen LogP contribution in [0.3, 0.4) is 0 Å². The van der Waals surface area contributed by atoms with E-state index in [9.17, 15) is 18.0 Å². The van der Waals surface area contributed by atoms with Crippen molar-refractivity contribution in [2.24, 2.45) is 11.8 Å². The molecule has 1 aliphatic carbocycles. The number of carbonyl (C=O) groups excluding carboxylic acids is 1. The molecule has 0 aromatic heterocycles. The molecular formula is C18H15F3N2O. The maximum Gasteiger partial charge on any atom is 0.251 e. The van der Waals surface area contributed by atoms with Crippen molar-refractivity contribution in [3.05, 3.63) is 59.4 Å². The fraction of sp³-hybridized carbons (Fsp3) is 0.278. The Hall–Kier alpha value is -2.34. The summed E-state index contributed by atoms with van der Waals surface area (Å²) in [6, 6.07) is 8.49. The van der Waals surface area contributed by atoms with Crippen molar-refractivity contribution >= 4 is 5.91 Å². The summed E-state index contributed by atoms with van der Waals surface area (Å²) < 4.78 is 39.6. The van der Waals surface area contributed by atoms with Crippen LogP contribution in [0.2, 0.25) is 0 Å². The number of hydrogen-bond donors (Lipinski definition) is 2. The molecule has 3 nitrogen and oxygen atoms in total. The Morgan fingerprint density at radius 2 is 1.54 bits per heavy atom.